The Labute approximate surface area is 180 Å². The van der Waals surface area contributed by atoms with Crippen LogP contribution in [0.2, 0.25) is 10.0 Å². The molecule has 0 radical (unpaired) electrons. The molecule has 26 heavy (non-hydrogen) atoms. The second-order valence-corrected chi connectivity index (χ2v) is 9.04. The van der Waals surface area contributed by atoms with Gasteiger partial charge in [0.2, 0.25) is 9.63 Å². The summed E-state index contributed by atoms with van der Waals surface area (Å²) >= 11 is 35.2. The summed E-state index contributed by atoms with van der Waals surface area (Å²) in [5, 5.41) is 0.561. The van der Waals surface area contributed by atoms with Crippen molar-refractivity contribution >= 4 is 93.1 Å². The van der Waals surface area contributed by atoms with E-state index in [9.17, 15) is 9.59 Å². The van der Waals surface area contributed by atoms with Crippen LogP contribution in [-0.4, -0.2) is 38.5 Å². The van der Waals surface area contributed by atoms with E-state index in [1.807, 2.05) is 6.92 Å². The monoisotopic (exact) mass is 477 g/mol. The summed E-state index contributed by atoms with van der Waals surface area (Å²) < 4.78 is -1.97. The van der Waals surface area contributed by atoms with Gasteiger partial charge in [0, 0.05) is 16.6 Å². The van der Waals surface area contributed by atoms with E-state index in [1.54, 1.807) is 0 Å². The van der Waals surface area contributed by atoms with Gasteiger partial charge in [0.25, 0.3) is 5.91 Å². The van der Waals surface area contributed by atoms with Gasteiger partial charge < -0.3 is 0 Å². The highest BCUT2D eigenvalue weighted by Crippen LogP contribution is 2.36. The van der Waals surface area contributed by atoms with Crippen molar-refractivity contribution in [3.63, 3.8) is 0 Å². The van der Waals surface area contributed by atoms with Crippen LogP contribution in [0.15, 0.2) is 23.2 Å². The molecule has 0 saturated carbocycles. The Balaban J connectivity index is 2.54. The second kappa shape index (κ2) is 8.72. The molecule has 142 valence electrons. The second-order valence-electron chi connectivity index (χ2n) is 5.39. The van der Waals surface area contributed by atoms with Crippen LogP contribution in [-0.2, 0) is 4.79 Å². The number of halogens is 6. The number of carbonyl (C=O) groups excluding carboxylic acids is 2. The van der Waals surface area contributed by atoms with Crippen molar-refractivity contribution in [2.75, 3.05) is 11.4 Å². The summed E-state index contributed by atoms with van der Waals surface area (Å²) in [4.78, 5) is 31.6. The molecule has 11 heteroatoms. The number of unbranched alkanes of at least 4 members (excludes halogenated alkanes) is 1. The van der Waals surface area contributed by atoms with Gasteiger partial charge in [-0.1, -0.05) is 83.0 Å². The highest BCUT2D eigenvalue weighted by molar-refractivity contribution is 6.70. The molecule has 2 rings (SSSR count). The van der Waals surface area contributed by atoms with Crippen LogP contribution < -0.4 is 4.90 Å². The Morgan fingerprint density at radius 1 is 1.12 bits per heavy atom. The van der Waals surface area contributed by atoms with Crippen LogP contribution in [0.3, 0.4) is 0 Å². The fourth-order valence-corrected chi connectivity index (χ4v) is 2.98. The number of hydrogen-bond acceptors (Lipinski definition) is 3. The number of carbonyl (C=O) groups is 2. The molecule has 1 aromatic rings. The fraction of sp³-hybridized carbons (Fsp3) is 0.400. The van der Waals surface area contributed by atoms with Crippen molar-refractivity contribution in [1.82, 2.24) is 4.90 Å². The van der Waals surface area contributed by atoms with Gasteiger partial charge in [0.1, 0.15) is 0 Å². The van der Waals surface area contributed by atoms with Crippen molar-refractivity contribution in [3.8, 4) is 0 Å². The molecule has 1 heterocycles. The van der Waals surface area contributed by atoms with Gasteiger partial charge in [-0.05, 0) is 24.6 Å². The number of benzene rings is 1. The Morgan fingerprint density at radius 3 is 2.19 bits per heavy atom. The number of urea groups is 1. The number of hydrogen-bond donors (Lipinski definition) is 0. The van der Waals surface area contributed by atoms with Crippen LogP contribution in [0.1, 0.15) is 19.8 Å². The molecule has 0 N–H and O–H groups in total. The van der Waals surface area contributed by atoms with Crippen molar-refractivity contribution < 1.29 is 9.59 Å². The first-order valence-corrected chi connectivity index (χ1v) is 9.79. The van der Waals surface area contributed by atoms with Gasteiger partial charge in [0.15, 0.2) is 5.50 Å². The first kappa shape index (κ1) is 21.9. The van der Waals surface area contributed by atoms with Gasteiger partial charge in [0.05, 0.1) is 5.69 Å². The van der Waals surface area contributed by atoms with Crippen LogP contribution in [0.25, 0.3) is 0 Å². The number of anilines is 1. The summed E-state index contributed by atoms with van der Waals surface area (Å²) in [5.74, 6) is -0.907. The standard InChI is InChI=1S/C15H13Cl6N3O2/c1-2-3-4-23-12(25)11(22-13(18)15(19,20)21)24(14(23)26)10-6-8(16)5-9(17)7-10/h5-7,13H,2-4H2,1H3. The van der Waals surface area contributed by atoms with E-state index in [0.717, 1.165) is 16.2 Å². The number of amidine groups is 1. The Kier molecular flexibility index (Phi) is 7.33. The number of aliphatic imine (C=N–C) groups is 1. The van der Waals surface area contributed by atoms with E-state index < -0.39 is 21.2 Å². The zero-order valence-corrected chi connectivity index (χ0v) is 17.9. The van der Waals surface area contributed by atoms with Gasteiger partial charge >= 0.3 is 6.03 Å². The number of alkyl halides is 4. The van der Waals surface area contributed by atoms with E-state index in [4.69, 9.17) is 69.6 Å². The van der Waals surface area contributed by atoms with E-state index in [2.05, 4.69) is 4.99 Å². The van der Waals surface area contributed by atoms with Gasteiger partial charge in [-0.2, -0.15) is 0 Å². The molecule has 0 aromatic heterocycles. The topological polar surface area (TPSA) is 53.0 Å². The Morgan fingerprint density at radius 2 is 1.69 bits per heavy atom. The minimum absolute atomic E-state index is 0.221. The summed E-state index contributed by atoms with van der Waals surface area (Å²) in [6.07, 6.45) is 1.42. The molecular weight excluding hydrogens is 467 g/mol. The molecule has 0 bridgehead atoms. The predicted molar refractivity (Wildman–Crippen MR) is 108 cm³/mol. The fourth-order valence-electron chi connectivity index (χ4n) is 2.22. The van der Waals surface area contributed by atoms with E-state index in [-0.39, 0.29) is 28.1 Å². The molecule has 1 unspecified atom stereocenters. The highest BCUT2D eigenvalue weighted by Gasteiger charge is 2.45. The quantitative estimate of drug-likeness (QED) is 0.300. The van der Waals surface area contributed by atoms with Crippen molar-refractivity contribution in [3.05, 3.63) is 28.2 Å². The van der Waals surface area contributed by atoms with Gasteiger partial charge in [-0.15, -0.1) is 0 Å². The van der Waals surface area contributed by atoms with E-state index >= 15 is 0 Å². The molecular formula is C15H13Cl6N3O2. The van der Waals surface area contributed by atoms with Gasteiger partial charge in [-0.3, -0.25) is 9.69 Å². The smallest absolute Gasteiger partial charge is 0.265 e. The molecule has 0 spiro atoms. The molecule has 1 aliphatic heterocycles. The maximum absolute atomic E-state index is 12.8. The lowest BCUT2D eigenvalue weighted by atomic mass is 10.3. The zero-order chi connectivity index (χ0) is 19.6. The average Bonchev–Trinajstić information content (AvgIpc) is 2.74. The normalized spacial score (nSPS) is 18.2. The average molecular weight is 480 g/mol. The molecule has 1 atom stereocenters. The summed E-state index contributed by atoms with van der Waals surface area (Å²) in [6.45, 7) is 2.16. The molecule has 5 nitrogen and oxygen atoms in total. The first-order chi connectivity index (χ1) is 12.1. The lowest BCUT2D eigenvalue weighted by Gasteiger charge is -2.19. The third-order valence-electron chi connectivity index (χ3n) is 3.42. The third-order valence-corrected chi connectivity index (χ3v) is 5.23. The molecule has 1 fully saturated rings. The predicted octanol–water partition coefficient (Wildman–Crippen LogP) is 5.90. The summed E-state index contributed by atoms with van der Waals surface area (Å²) in [7, 11) is 0. The Hall–Kier alpha value is -0.430. The van der Waals surface area contributed by atoms with Gasteiger partial charge in [-0.25, -0.2) is 14.7 Å². The molecule has 1 aromatic carbocycles. The van der Waals surface area contributed by atoms with Crippen molar-refractivity contribution in [1.29, 1.82) is 0 Å². The van der Waals surface area contributed by atoms with E-state index in [1.165, 1.54) is 18.2 Å². The number of amides is 3. The maximum Gasteiger partial charge on any atom is 0.337 e. The van der Waals surface area contributed by atoms with Crippen LogP contribution >= 0.6 is 69.6 Å². The molecule has 0 aliphatic carbocycles. The largest absolute Gasteiger partial charge is 0.337 e. The van der Waals surface area contributed by atoms with Crippen molar-refractivity contribution in [2.45, 2.75) is 29.1 Å². The lowest BCUT2D eigenvalue weighted by molar-refractivity contribution is -0.120. The summed E-state index contributed by atoms with van der Waals surface area (Å²) in [5.41, 5.74) is -1.13. The summed E-state index contributed by atoms with van der Waals surface area (Å²) in [6, 6.07) is 3.83. The zero-order valence-electron chi connectivity index (χ0n) is 13.4. The first-order valence-electron chi connectivity index (χ1n) is 7.47. The lowest BCUT2D eigenvalue weighted by Crippen LogP contribution is -2.34. The third kappa shape index (κ3) is 4.89. The number of nitrogens with zero attached hydrogens (tertiary/aromatic N) is 3. The minimum Gasteiger partial charge on any atom is -0.265 e. The minimum atomic E-state index is -1.97. The van der Waals surface area contributed by atoms with Crippen LogP contribution in [0.4, 0.5) is 10.5 Å². The number of rotatable bonds is 5. The molecule has 3 amide bonds. The van der Waals surface area contributed by atoms with E-state index in [0.29, 0.717) is 6.42 Å². The maximum atomic E-state index is 12.8. The highest BCUT2D eigenvalue weighted by atomic mass is 35.6. The molecule has 1 aliphatic rings. The molecule has 1 saturated heterocycles. The van der Waals surface area contributed by atoms with Crippen molar-refractivity contribution in [2.24, 2.45) is 4.99 Å². The van der Waals surface area contributed by atoms with Crippen LogP contribution in [0, 0.1) is 0 Å². The number of imide groups is 1. The SMILES string of the molecule is CCCCN1C(=O)C(=NC(Cl)C(Cl)(Cl)Cl)N(c2cc(Cl)cc(Cl)c2)C1=O. The Bertz CT molecular complexity index is 729. The van der Waals surface area contributed by atoms with Crippen LogP contribution in [0.5, 0.6) is 0 Å².